The maximum atomic E-state index is 9.76. The van der Waals surface area contributed by atoms with E-state index in [-0.39, 0.29) is 11.8 Å². The monoisotopic (exact) mass is 370 g/mol. The molecular formula is C23H22N4O. The summed E-state index contributed by atoms with van der Waals surface area (Å²) in [7, 11) is 0. The minimum atomic E-state index is -0.272. The van der Waals surface area contributed by atoms with Gasteiger partial charge in [-0.25, -0.2) is 0 Å². The lowest BCUT2D eigenvalue weighted by Crippen LogP contribution is -2.22. The largest absolute Gasteiger partial charge is 0.438 e. The molecule has 1 atom stereocenters. The molecule has 140 valence electrons. The number of aromatic nitrogens is 1. The van der Waals surface area contributed by atoms with Crippen molar-refractivity contribution in [1.82, 2.24) is 4.98 Å². The molecule has 0 saturated carbocycles. The number of rotatable bonds is 4. The van der Waals surface area contributed by atoms with Crippen molar-refractivity contribution in [2.45, 2.75) is 19.8 Å². The van der Waals surface area contributed by atoms with Crippen molar-refractivity contribution in [3.05, 3.63) is 77.3 Å². The van der Waals surface area contributed by atoms with Crippen LogP contribution in [0.4, 0.5) is 5.69 Å². The third kappa shape index (κ3) is 2.84. The van der Waals surface area contributed by atoms with E-state index in [9.17, 15) is 5.26 Å². The molecule has 1 aromatic heterocycles. The predicted octanol–water partition coefficient (Wildman–Crippen LogP) is 4.30. The Bertz CT molecular complexity index is 1090. The van der Waals surface area contributed by atoms with Crippen LogP contribution in [0.25, 0.3) is 10.9 Å². The summed E-state index contributed by atoms with van der Waals surface area (Å²) in [5.74, 6) is 0.504. The lowest BCUT2D eigenvalue weighted by Gasteiger charge is -2.28. The number of pyridine rings is 1. The second-order valence-corrected chi connectivity index (χ2v) is 6.75. The van der Waals surface area contributed by atoms with Crippen LogP contribution in [0.1, 0.15) is 30.9 Å². The summed E-state index contributed by atoms with van der Waals surface area (Å²) in [6.07, 6.45) is 1.74. The number of nitrogens with zero attached hydrogens (tertiary/aromatic N) is 3. The quantitative estimate of drug-likeness (QED) is 0.741. The zero-order valence-electron chi connectivity index (χ0n) is 16.0. The summed E-state index contributed by atoms with van der Waals surface area (Å²) in [5.41, 5.74) is 10.4. The molecule has 3 aromatic rings. The van der Waals surface area contributed by atoms with Gasteiger partial charge >= 0.3 is 0 Å². The van der Waals surface area contributed by atoms with Gasteiger partial charge in [-0.15, -0.1) is 0 Å². The van der Waals surface area contributed by atoms with Gasteiger partial charge in [-0.1, -0.05) is 30.3 Å². The predicted molar refractivity (Wildman–Crippen MR) is 111 cm³/mol. The van der Waals surface area contributed by atoms with Crippen LogP contribution in [0, 0.1) is 11.3 Å². The third-order valence-corrected chi connectivity index (χ3v) is 5.31. The highest BCUT2D eigenvalue weighted by Gasteiger charge is 2.32. The standard InChI is InChI=1S/C23H22N4O/c1-3-27(4-2)17-10-7-15(8-11-17)20-18-12-9-16-6-5-13-26-21(16)22(18)28-23(25)19(20)14-24/h5-13,20H,3-4,25H2,1-2H3/t20-/m1/s1. The number of benzene rings is 2. The number of allylic oxidation sites excluding steroid dienone is 1. The maximum absolute atomic E-state index is 9.76. The lowest BCUT2D eigenvalue weighted by molar-refractivity contribution is 0.397. The molecule has 0 aliphatic carbocycles. The fraction of sp³-hybridized carbons (Fsp3) is 0.217. The fourth-order valence-corrected chi connectivity index (χ4v) is 3.86. The van der Waals surface area contributed by atoms with Gasteiger partial charge in [0.15, 0.2) is 5.75 Å². The van der Waals surface area contributed by atoms with E-state index in [1.807, 2.05) is 24.3 Å². The molecule has 0 unspecified atom stereocenters. The number of ether oxygens (including phenoxy) is 1. The first kappa shape index (κ1) is 17.9. The Hall–Kier alpha value is -3.52. The molecule has 4 rings (SSSR count). The Morgan fingerprint density at radius 1 is 1.11 bits per heavy atom. The minimum Gasteiger partial charge on any atom is -0.438 e. The van der Waals surface area contributed by atoms with Crippen LogP contribution in [0.3, 0.4) is 0 Å². The number of hydrogen-bond donors (Lipinski definition) is 1. The minimum absolute atomic E-state index is 0.144. The highest BCUT2D eigenvalue weighted by Crippen LogP contribution is 2.44. The summed E-state index contributed by atoms with van der Waals surface area (Å²) in [6.45, 7) is 6.18. The van der Waals surface area contributed by atoms with E-state index in [0.29, 0.717) is 11.3 Å². The van der Waals surface area contributed by atoms with Crippen LogP contribution in [0.15, 0.2) is 66.2 Å². The molecule has 0 radical (unpaired) electrons. The van der Waals surface area contributed by atoms with Gasteiger partial charge in [-0.2, -0.15) is 5.26 Å². The van der Waals surface area contributed by atoms with Gasteiger partial charge < -0.3 is 15.4 Å². The molecule has 0 fully saturated rings. The molecule has 1 aliphatic rings. The van der Waals surface area contributed by atoms with Crippen molar-refractivity contribution in [3.63, 3.8) is 0 Å². The van der Waals surface area contributed by atoms with Crippen molar-refractivity contribution in [3.8, 4) is 11.8 Å². The van der Waals surface area contributed by atoms with Crippen molar-refractivity contribution in [2.75, 3.05) is 18.0 Å². The maximum Gasteiger partial charge on any atom is 0.205 e. The van der Waals surface area contributed by atoms with Gasteiger partial charge in [0.05, 0.1) is 5.92 Å². The molecule has 28 heavy (non-hydrogen) atoms. The van der Waals surface area contributed by atoms with Gasteiger partial charge in [0, 0.05) is 35.9 Å². The van der Waals surface area contributed by atoms with Gasteiger partial charge in [-0.3, -0.25) is 4.98 Å². The molecule has 2 N–H and O–H groups in total. The van der Waals surface area contributed by atoms with Crippen LogP contribution < -0.4 is 15.4 Å². The second kappa shape index (κ2) is 7.24. The molecule has 0 bridgehead atoms. The average molecular weight is 370 g/mol. The number of nitriles is 1. The second-order valence-electron chi connectivity index (χ2n) is 6.75. The van der Waals surface area contributed by atoms with Crippen molar-refractivity contribution in [2.24, 2.45) is 5.73 Å². The van der Waals surface area contributed by atoms with E-state index >= 15 is 0 Å². The molecule has 2 aromatic carbocycles. The van der Waals surface area contributed by atoms with E-state index in [4.69, 9.17) is 10.5 Å². The zero-order valence-corrected chi connectivity index (χ0v) is 16.0. The molecule has 2 heterocycles. The summed E-state index contributed by atoms with van der Waals surface area (Å²) in [5, 5.41) is 10.7. The van der Waals surface area contributed by atoms with Crippen LogP contribution >= 0.6 is 0 Å². The van der Waals surface area contributed by atoms with E-state index in [2.05, 4.69) is 54.1 Å². The summed E-state index contributed by atoms with van der Waals surface area (Å²) in [4.78, 5) is 6.76. The molecule has 5 heteroatoms. The van der Waals surface area contributed by atoms with Gasteiger partial charge in [0.1, 0.15) is 17.2 Å². The summed E-state index contributed by atoms with van der Waals surface area (Å²) in [6, 6.07) is 18.5. The highest BCUT2D eigenvalue weighted by molar-refractivity contribution is 5.87. The number of hydrogen-bond acceptors (Lipinski definition) is 5. The van der Waals surface area contributed by atoms with Gasteiger partial charge in [0.2, 0.25) is 5.88 Å². The Kier molecular flexibility index (Phi) is 4.62. The fourth-order valence-electron chi connectivity index (χ4n) is 3.86. The van der Waals surface area contributed by atoms with Crippen molar-refractivity contribution < 1.29 is 4.74 Å². The van der Waals surface area contributed by atoms with Crippen LogP contribution in [0.2, 0.25) is 0 Å². The third-order valence-electron chi connectivity index (χ3n) is 5.31. The van der Waals surface area contributed by atoms with Crippen LogP contribution in [-0.2, 0) is 0 Å². The van der Waals surface area contributed by atoms with E-state index < -0.39 is 0 Å². The Morgan fingerprint density at radius 3 is 2.54 bits per heavy atom. The average Bonchev–Trinajstić information content (AvgIpc) is 2.74. The molecule has 5 nitrogen and oxygen atoms in total. The van der Waals surface area contributed by atoms with Gasteiger partial charge in [-0.05, 0) is 37.6 Å². The first-order valence-corrected chi connectivity index (χ1v) is 9.48. The Labute approximate surface area is 164 Å². The summed E-state index contributed by atoms with van der Waals surface area (Å²) >= 11 is 0. The Morgan fingerprint density at radius 2 is 1.86 bits per heavy atom. The van der Waals surface area contributed by atoms with Crippen LogP contribution in [0.5, 0.6) is 5.75 Å². The molecule has 0 amide bonds. The number of nitrogens with two attached hydrogens (primary N) is 1. The van der Waals surface area contributed by atoms with E-state index in [1.165, 1.54) is 0 Å². The first-order chi connectivity index (χ1) is 13.7. The topological polar surface area (TPSA) is 75.2 Å². The smallest absolute Gasteiger partial charge is 0.205 e. The Balaban J connectivity index is 1.86. The molecule has 0 spiro atoms. The highest BCUT2D eigenvalue weighted by atomic mass is 16.5. The van der Waals surface area contributed by atoms with Crippen LogP contribution in [-0.4, -0.2) is 18.1 Å². The summed E-state index contributed by atoms with van der Waals surface area (Å²) < 4.78 is 5.86. The molecule has 1 aliphatic heterocycles. The molecular weight excluding hydrogens is 348 g/mol. The number of anilines is 1. The van der Waals surface area contributed by atoms with E-state index in [1.54, 1.807) is 6.20 Å². The first-order valence-electron chi connectivity index (χ1n) is 9.48. The van der Waals surface area contributed by atoms with Crippen molar-refractivity contribution in [1.29, 1.82) is 5.26 Å². The SMILES string of the molecule is CCN(CC)c1ccc([C@H]2C(C#N)=C(N)Oc3c2ccc2cccnc32)cc1. The van der Waals surface area contributed by atoms with Crippen molar-refractivity contribution >= 4 is 16.6 Å². The number of fused-ring (bicyclic) bond motifs is 3. The normalized spacial score (nSPS) is 15.7. The molecule has 0 saturated heterocycles. The lowest BCUT2D eigenvalue weighted by atomic mass is 9.83. The zero-order chi connectivity index (χ0) is 19.7. The van der Waals surface area contributed by atoms with Gasteiger partial charge in [0.25, 0.3) is 0 Å². The van der Waals surface area contributed by atoms with E-state index in [0.717, 1.165) is 40.8 Å².